The zero-order valence-corrected chi connectivity index (χ0v) is 15.1. The summed E-state index contributed by atoms with van der Waals surface area (Å²) in [6.45, 7) is 4.42. The third kappa shape index (κ3) is 4.98. The van der Waals surface area contributed by atoms with Gasteiger partial charge in [-0.25, -0.2) is 4.98 Å². The number of aromatic nitrogens is 2. The van der Waals surface area contributed by atoms with Crippen molar-refractivity contribution >= 4 is 11.6 Å². The van der Waals surface area contributed by atoms with Crippen molar-refractivity contribution in [1.29, 1.82) is 0 Å². The maximum absolute atomic E-state index is 12.3. The molecule has 2 aromatic carbocycles. The smallest absolute Gasteiger partial charge is 0.255 e. The molecule has 3 rings (SSSR count). The van der Waals surface area contributed by atoms with Gasteiger partial charge in [-0.1, -0.05) is 12.7 Å². The lowest BCUT2D eigenvalue weighted by molar-refractivity contribution is 0.102. The fraction of sp³-hybridized carbons (Fsp3) is 0.143. The quantitative estimate of drug-likeness (QED) is 0.618. The first-order chi connectivity index (χ1) is 13.2. The Bertz CT molecular complexity index is 899. The van der Waals surface area contributed by atoms with E-state index in [-0.39, 0.29) is 5.91 Å². The SMILES string of the molecule is C=CCOc1ccc(C(=O)Nc2ccc(OCc3nccn3C)cc2)cc1. The summed E-state index contributed by atoms with van der Waals surface area (Å²) in [6, 6.07) is 14.2. The van der Waals surface area contributed by atoms with Gasteiger partial charge in [0.05, 0.1) is 0 Å². The third-order valence-electron chi connectivity index (χ3n) is 3.89. The molecule has 0 aliphatic carbocycles. The topological polar surface area (TPSA) is 65.4 Å². The van der Waals surface area contributed by atoms with Gasteiger partial charge in [0.1, 0.15) is 30.5 Å². The minimum Gasteiger partial charge on any atom is -0.490 e. The highest BCUT2D eigenvalue weighted by Gasteiger charge is 2.07. The number of hydrogen-bond donors (Lipinski definition) is 1. The summed E-state index contributed by atoms with van der Waals surface area (Å²) in [5.74, 6) is 2.06. The first kappa shape index (κ1) is 18.3. The van der Waals surface area contributed by atoms with Gasteiger partial charge in [-0.2, -0.15) is 0 Å². The summed E-state index contributed by atoms with van der Waals surface area (Å²) >= 11 is 0. The van der Waals surface area contributed by atoms with Crippen molar-refractivity contribution in [3.63, 3.8) is 0 Å². The van der Waals surface area contributed by atoms with Crippen molar-refractivity contribution in [3.05, 3.63) is 85.0 Å². The fourth-order valence-electron chi connectivity index (χ4n) is 2.38. The van der Waals surface area contributed by atoms with Crippen LogP contribution in [0.2, 0.25) is 0 Å². The molecule has 0 saturated carbocycles. The number of carbonyl (C=O) groups is 1. The summed E-state index contributed by atoms with van der Waals surface area (Å²) in [4.78, 5) is 16.5. The van der Waals surface area contributed by atoms with Crippen molar-refractivity contribution in [1.82, 2.24) is 9.55 Å². The number of hydrogen-bond acceptors (Lipinski definition) is 4. The number of aryl methyl sites for hydroxylation is 1. The molecule has 1 amide bonds. The van der Waals surface area contributed by atoms with Gasteiger partial charge in [-0.15, -0.1) is 0 Å². The number of nitrogens with one attached hydrogen (secondary N) is 1. The zero-order chi connectivity index (χ0) is 19.1. The lowest BCUT2D eigenvalue weighted by Gasteiger charge is -2.09. The molecule has 0 radical (unpaired) electrons. The largest absolute Gasteiger partial charge is 0.490 e. The molecule has 1 aromatic heterocycles. The van der Waals surface area contributed by atoms with Gasteiger partial charge in [-0.3, -0.25) is 4.79 Å². The second-order valence-electron chi connectivity index (χ2n) is 5.85. The fourth-order valence-corrected chi connectivity index (χ4v) is 2.38. The molecule has 0 aliphatic rings. The number of ether oxygens (including phenoxy) is 2. The first-order valence-electron chi connectivity index (χ1n) is 8.50. The molecule has 6 nitrogen and oxygen atoms in total. The molecular formula is C21H21N3O3. The predicted octanol–water partition coefficient (Wildman–Crippen LogP) is 3.82. The highest BCUT2D eigenvalue weighted by atomic mass is 16.5. The Hall–Kier alpha value is -3.54. The van der Waals surface area contributed by atoms with E-state index >= 15 is 0 Å². The maximum Gasteiger partial charge on any atom is 0.255 e. The third-order valence-corrected chi connectivity index (χ3v) is 3.89. The molecule has 0 saturated heterocycles. The van der Waals surface area contributed by atoms with Gasteiger partial charge in [0, 0.05) is 30.7 Å². The lowest BCUT2D eigenvalue weighted by Crippen LogP contribution is -2.11. The number of benzene rings is 2. The van der Waals surface area contributed by atoms with Crippen molar-refractivity contribution in [2.24, 2.45) is 7.05 Å². The molecule has 0 fully saturated rings. The van der Waals surface area contributed by atoms with Gasteiger partial charge in [-0.05, 0) is 48.5 Å². The number of nitrogens with zero attached hydrogens (tertiary/aromatic N) is 2. The van der Waals surface area contributed by atoms with Crippen molar-refractivity contribution in [2.75, 3.05) is 11.9 Å². The van der Waals surface area contributed by atoms with E-state index in [0.717, 1.165) is 5.82 Å². The molecule has 1 N–H and O–H groups in total. The number of amides is 1. The van der Waals surface area contributed by atoms with E-state index in [1.54, 1.807) is 48.7 Å². The Morgan fingerprint density at radius 1 is 1.11 bits per heavy atom. The molecule has 0 unspecified atom stereocenters. The van der Waals surface area contributed by atoms with Gasteiger partial charge >= 0.3 is 0 Å². The monoisotopic (exact) mass is 363 g/mol. The second-order valence-corrected chi connectivity index (χ2v) is 5.85. The van der Waals surface area contributed by atoms with Crippen LogP contribution in [0.25, 0.3) is 0 Å². The summed E-state index contributed by atoms with van der Waals surface area (Å²) < 4.78 is 13.0. The summed E-state index contributed by atoms with van der Waals surface area (Å²) in [6.07, 6.45) is 5.27. The number of rotatable bonds is 8. The van der Waals surface area contributed by atoms with Gasteiger partial charge in [0.15, 0.2) is 0 Å². The Balaban J connectivity index is 1.55. The molecule has 3 aromatic rings. The Morgan fingerprint density at radius 3 is 2.41 bits per heavy atom. The van der Waals surface area contributed by atoms with E-state index < -0.39 is 0 Å². The average Bonchev–Trinajstić information content (AvgIpc) is 3.11. The zero-order valence-electron chi connectivity index (χ0n) is 15.1. The van der Waals surface area contributed by atoms with E-state index in [4.69, 9.17) is 9.47 Å². The van der Waals surface area contributed by atoms with Gasteiger partial charge in [0.25, 0.3) is 5.91 Å². The maximum atomic E-state index is 12.3. The number of anilines is 1. The number of imidazole rings is 1. The molecule has 27 heavy (non-hydrogen) atoms. The van der Waals surface area contributed by atoms with Crippen LogP contribution in [0, 0.1) is 0 Å². The second kappa shape index (κ2) is 8.71. The van der Waals surface area contributed by atoms with E-state index in [1.165, 1.54) is 0 Å². The van der Waals surface area contributed by atoms with Crippen LogP contribution in [0.5, 0.6) is 11.5 Å². The molecule has 0 bridgehead atoms. The van der Waals surface area contributed by atoms with E-state index in [1.807, 2.05) is 29.9 Å². The van der Waals surface area contributed by atoms with E-state index in [9.17, 15) is 4.79 Å². The van der Waals surface area contributed by atoms with Crippen molar-refractivity contribution in [2.45, 2.75) is 6.61 Å². The van der Waals surface area contributed by atoms with Crippen LogP contribution in [0.4, 0.5) is 5.69 Å². The lowest BCUT2D eigenvalue weighted by atomic mass is 10.2. The Labute approximate surface area is 158 Å². The van der Waals surface area contributed by atoms with Crippen LogP contribution in [0.1, 0.15) is 16.2 Å². The van der Waals surface area contributed by atoms with Gasteiger partial charge in [0.2, 0.25) is 0 Å². The molecule has 0 aliphatic heterocycles. The van der Waals surface area contributed by atoms with E-state index in [2.05, 4.69) is 16.9 Å². The minimum atomic E-state index is -0.188. The predicted molar refractivity (Wildman–Crippen MR) is 104 cm³/mol. The normalized spacial score (nSPS) is 10.3. The molecule has 0 atom stereocenters. The summed E-state index contributed by atoms with van der Waals surface area (Å²) in [7, 11) is 1.92. The average molecular weight is 363 g/mol. The van der Waals surface area contributed by atoms with Crippen LogP contribution in [0.3, 0.4) is 0 Å². The summed E-state index contributed by atoms with van der Waals surface area (Å²) in [5, 5.41) is 2.86. The summed E-state index contributed by atoms with van der Waals surface area (Å²) in [5.41, 5.74) is 1.24. The van der Waals surface area contributed by atoms with Gasteiger partial charge < -0.3 is 19.4 Å². The molecule has 138 valence electrons. The van der Waals surface area contributed by atoms with Crippen LogP contribution >= 0.6 is 0 Å². The molecule has 6 heteroatoms. The Kier molecular flexibility index (Phi) is 5.89. The standard InChI is InChI=1S/C21H21N3O3/c1-3-14-26-18-8-4-16(5-9-18)21(25)23-17-6-10-19(11-7-17)27-15-20-22-12-13-24(20)2/h3-13H,1,14-15H2,2H3,(H,23,25). The van der Waals surface area contributed by atoms with Crippen LogP contribution in [-0.2, 0) is 13.7 Å². The van der Waals surface area contributed by atoms with Crippen molar-refractivity contribution < 1.29 is 14.3 Å². The van der Waals surface area contributed by atoms with Crippen LogP contribution in [0.15, 0.2) is 73.6 Å². The molecule has 0 spiro atoms. The number of carbonyl (C=O) groups excluding carboxylic acids is 1. The van der Waals surface area contributed by atoms with E-state index in [0.29, 0.717) is 36.0 Å². The van der Waals surface area contributed by atoms with Crippen LogP contribution in [-0.4, -0.2) is 22.1 Å². The van der Waals surface area contributed by atoms with Crippen LogP contribution < -0.4 is 14.8 Å². The highest BCUT2D eigenvalue weighted by Crippen LogP contribution is 2.18. The Morgan fingerprint density at radius 2 is 1.78 bits per heavy atom. The first-order valence-corrected chi connectivity index (χ1v) is 8.50. The van der Waals surface area contributed by atoms with Crippen molar-refractivity contribution in [3.8, 4) is 11.5 Å². The minimum absolute atomic E-state index is 0.188. The molecular weight excluding hydrogens is 342 g/mol. The molecule has 1 heterocycles. The highest BCUT2D eigenvalue weighted by molar-refractivity contribution is 6.04.